The Morgan fingerprint density at radius 2 is 1.81 bits per heavy atom. The van der Waals surface area contributed by atoms with Crippen molar-refractivity contribution in [3.8, 4) is 17.2 Å². The lowest BCUT2D eigenvalue weighted by molar-refractivity contribution is 0.882. The highest BCUT2D eigenvalue weighted by molar-refractivity contribution is 6.11. The molecule has 3 nitrogen and oxygen atoms in total. The molecule has 0 aliphatic carbocycles. The summed E-state index contributed by atoms with van der Waals surface area (Å²) < 4.78 is 0. The molecule has 0 bridgehead atoms. The molecule has 0 radical (unpaired) electrons. The molecule has 1 heterocycles. The van der Waals surface area contributed by atoms with Crippen LogP contribution in [0.5, 0.6) is 0 Å². The predicted octanol–water partition coefficient (Wildman–Crippen LogP) is 3.51. The fourth-order valence-electron chi connectivity index (χ4n) is 2.59. The Hall–Kier alpha value is -2.86. The fourth-order valence-corrected chi connectivity index (χ4v) is 2.59. The van der Waals surface area contributed by atoms with E-state index >= 15 is 0 Å². The summed E-state index contributed by atoms with van der Waals surface area (Å²) in [7, 11) is 0. The maximum Gasteiger partial charge on any atom is 0.107 e. The molecule has 1 aliphatic rings. The molecule has 3 rings (SSSR count). The van der Waals surface area contributed by atoms with Crippen LogP contribution in [-0.2, 0) is 0 Å². The van der Waals surface area contributed by atoms with E-state index in [4.69, 9.17) is 0 Å². The molecule has 0 saturated carbocycles. The van der Waals surface area contributed by atoms with Crippen LogP contribution >= 0.6 is 0 Å². The van der Waals surface area contributed by atoms with E-state index in [9.17, 15) is 5.26 Å². The molecule has 0 fully saturated rings. The topological polar surface area (TPSA) is 48.2 Å². The largest absolute Gasteiger partial charge is 0.372 e. The first-order valence-corrected chi connectivity index (χ1v) is 6.84. The van der Waals surface area contributed by atoms with E-state index in [1.54, 1.807) is 0 Å². The fraction of sp³-hybridized carbons (Fsp3) is 0.111. The van der Waals surface area contributed by atoms with Crippen LogP contribution in [0.3, 0.4) is 0 Å². The maximum absolute atomic E-state index is 9.30. The molecule has 21 heavy (non-hydrogen) atoms. The smallest absolute Gasteiger partial charge is 0.107 e. The average Bonchev–Trinajstić information content (AvgIpc) is 2.56. The number of benzene rings is 2. The van der Waals surface area contributed by atoms with Gasteiger partial charge < -0.3 is 5.32 Å². The molecule has 1 N–H and O–H groups in total. The lowest BCUT2D eigenvalue weighted by Crippen LogP contribution is -2.11. The number of nitrogens with one attached hydrogen (secondary N) is 1. The van der Waals surface area contributed by atoms with Crippen molar-refractivity contribution in [2.24, 2.45) is 4.99 Å². The van der Waals surface area contributed by atoms with Crippen LogP contribution in [0, 0.1) is 18.3 Å². The molecule has 0 spiro atoms. The van der Waals surface area contributed by atoms with Gasteiger partial charge in [0.05, 0.1) is 11.6 Å². The van der Waals surface area contributed by atoms with E-state index in [-0.39, 0.29) is 0 Å². The minimum absolute atomic E-state index is 0.625. The molecule has 0 amide bonds. The monoisotopic (exact) mass is 273 g/mol. The Kier molecular flexibility index (Phi) is 3.53. The zero-order valence-corrected chi connectivity index (χ0v) is 11.8. The molecular formula is C18H15N3. The summed E-state index contributed by atoms with van der Waals surface area (Å²) in [6.07, 6.45) is 3.87. The van der Waals surface area contributed by atoms with E-state index < -0.39 is 0 Å². The third kappa shape index (κ3) is 2.44. The number of hydrogen-bond donors (Lipinski definition) is 1. The van der Waals surface area contributed by atoms with Crippen LogP contribution in [-0.4, -0.2) is 12.9 Å². The standard InChI is InChI=1S/C18H15N3/c1-13-16(15-10-20-12-21-11-15)7-4-8-17(13)18-6-3-2-5-14(18)9-19/h2-8,10-11,20H,12H2,1H3. The Bertz CT molecular complexity index is 779. The van der Waals surface area contributed by atoms with E-state index in [1.807, 2.05) is 42.7 Å². The molecule has 0 saturated heterocycles. The van der Waals surface area contributed by atoms with Crippen molar-refractivity contribution in [3.05, 3.63) is 65.4 Å². The normalized spacial score (nSPS) is 13.2. The highest BCUT2D eigenvalue weighted by atomic mass is 15.0. The van der Waals surface area contributed by atoms with E-state index in [0.29, 0.717) is 12.2 Å². The Morgan fingerprint density at radius 1 is 1.05 bits per heavy atom. The Balaban J connectivity index is 2.15. The number of rotatable bonds is 2. The van der Waals surface area contributed by atoms with Crippen molar-refractivity contribution in [2.75, 3.05) is 6.67 Å². The molecule has 1 aliphatic heterocycles. The number of hydrogen-bond acceptors (Lipinski definition) is 3. The van der Waals surface area contributed by atoms with Crippen LogP contribution < -0.4 is 5.32 Å². The van der Waals surface area contributed by atoms with E-state index in [0.717, 1.165) is 27.8 Å². The zero-order chi connectivity index (χ0) is 14.7. The summed E-state index contributed by atoms with van der Waals surface area (Å²) >= 11 is 0. The molecule has 2 aromatic rings. The number of aliphatic imine (C=N–C) groups is 1. The highest BCUT2D eigenvalue weighted by Crippen LogP contribution is 2.30. The highest BCUT2D eigenvalue weighted by Gasteiger charge is 2.12. The van der Waals surface area contributed by atoms with Gasteiger partial charge in [-0.3, -0.25) is 4.99 Å². The molecule has 0 atom stereocenters. The van der Waals surface area contributed by atoms with Crippen molar-refractivity contribution >= 4 is 11.8 Å². The number of nitrogens with zero attached hydrogens (tertiary/aromatic N) is 2. The first-order chi connectivity index (χ1) is 10.3. The molecule has 0 aromatic heterocycles. The van der Waals surface area contributed by atoms with Crippen molar-refractivity contribution in [3.63, 3.8) is 0 Å². The second-order valence-electron chi connectivity index (χ2n) is 4.91. The quantitative estimate of drug-likeness (QED) is 0.910. The van der Waals surface area contributed by atoms with Gasteiger partial charge in [-0.25, -0.2) is 0 Å². The third-order valence-corrected chi connectivity index (χ3v) is 3.65. The lowest BCUT2D eigenvalue weighted by Gasteiger charge is -2.15. The van der Waals surface area contributed by atoms with Crippen LogP contribution in [0.1, 0.15) is 16.7 Å². The minimum atomic E-state index is 0.625. The summed E-state index contributed by atoms with van der Waals surface area (Å²) in [6.45, 7) is 2.71. The van der Waals surface area contributed by atoms with Crippen molar-refractivity contribution in [2.45, 2.75) is 6.92 Å². The van der Waals surface area contributed by atoms with Crippen LogP contribution in [0.15, 0.2) is 53.7 Å². The van der Waals surface area contributed by atoms with Crippen LogP contribution in [0.4, 0.5) is 0 Å². The first kappa shape index (κ1) is 13.1. The SMILES string of the molecule is Cc1c(C2=CNCN=C2)cccc1-c1ccccc1C#N. The molecule has 2 aromatic carbocycles. The molecule has 102 valence electrons. The van der Waals surface area contributed by atoms with Gasteiger partial charge >= 0.3 is 0 Å². The number of allylic oxidation sites excluding steroid dienone is 1. The van der Waals surface area contributed by atoms with Gasteiger partial charge in [-0.05, 0) is 35.2 Å². The van der Waals surface area contributed by atoms with E-state index in [1.165, 1.54) is 0 Å². The summed E-state index contributed by atoms with van der Waals surface area (Å²) in [4.78, 5) is 4.26. The number of nitriles is 1. The molecule has 3 heteroatoms. The summed E-state index contributed by atoms with van der Waals surface area (Å²) in [5.74, 6) is 0. The van der Waals surface area contributed by atoms with Crippen LogP contribution in [0.2, 0.25) is 0 Å². The maximum atomic E-state index is 9.30. The van der Waals surface area contributed by atoms with Crippen LogP contribution in [0.25, 0.3) is 16.7 Å². The van der Waals surface area contributed by atoms with Gasteiger partial charge in [0.2, 0.25) is 0 Å². The summed E-state index contributed by atoms with van der Waals surface area (Å²) in [5, 5.41) is 12.4. The Labute approximate surface area is 124 Å². The molecular weight excluding hydrogens is 258 g/mol. The van der Waals surface area contributed by atoms with Gasteiger partial charge in [0.25, 0.3) is 0 Å². The Morgan fingerprint density at radius 3 is 2.57 bits per heavy atom. The second kappa shape index (κ2) is 5.64. The molecule has 0 unspecified atom stereocenters. The summed E-state index contributed by atoms with van der Waals surface area (Å²) in [5.41, 5.74) is 6.11. The van der Waals surface area contributed by atoms with Gasteiger partial charge in [-0.1, -0.05) is 36.4 Å². The predicted molar refractivity (Wildman–Crippen MR) is 85.8 cm³/mol. The summed E-state index contributed by atoms with van der Waals surface area (Å²) in [6, 6.07) is 16.1. The first-order valence-electron chi connectivity index (χ1n) is 6.84. The van der Waals surface area contributed by atoms with Crippen molar-refractivity contribution in [1.29, 1.82) is 5.26 Å². The van der Waals surface area contributed by atoms with Crippen molar-refractivity contribution < 1.29 is 0 Å². The third-order valence-electron chi connectivity index (χ3n) is 3.65. The van der Waals surface area contributed by atoms with E-state index in [2.05, 4.69) is 35.4 Å². The minimum Gasteiger partial charge on any atom is -0.372 e. The average molecular weight is 273 g/mol. The zero-order valence-electron chi connectivity index (χ0n) is 11.8. The lowest BCUT2D eigenvalue weighted by atomic mass is 9.91. The van der Waals surface area contributed by atoms with Crippen molar-refractivity contribution in [1.82, 2.24) is 5.32 Å². The second-order valence-corrected chi connectivity index (χ2v) is 4.91. The van der Waals surface area contributed by atoms with Gasteiger partial charge in [0, 0.05) is 18.0 Å². The van der Waals surface area contributed by atoms with Gasteiger partial charge in [-0.2, -0.15) is 5.26 Å². The van der Waals surface area contributed by atoms with Gasteiger partial charge in [0.1, 0.15) is 6.67 Å². The van der Waals surface area contributed by atoms with Gasteiger partial charge in [0.15, 0.2) is 0 Å². The van der Waals surface area contributed by atoms with Gasteiger partial charge in [-0.15, -0.1) is 0 Å².